The van der Waals surface area contributed by atoms with Gasteiger partial charge in [0, 0.05) is 50.2 Å². The third-order valence-corrected chi connectivity index (χ3v) is 4.91. The van der Waals surface area contributed by atoms with E-state index in [-0.39, 0.29) is 11.9 Å². The molecule has 1 amide bonds. The third kappa shape index (κ3) is 2.63. The minimum absolute atomic E-state index is 0.00224. The molecular formula is C17H20N4O2. The van der Waals surface area contributed by atoms with E-state index in [0.717, 1.165) is 32.5 Å². The van der Waals surface area contributed by atoms with Crippen molar-refractivity contribution >= 4 is 5.91 Å². The third-order valence-electron chi connectivity index (χ3n) is 4.91. The summed E-state index contributed by atoms with van der Waals surface area (Å²) in [5.41, 5.74) is 1.65. The zero-order valence-corrected chi connectivity index (χ0v) is 13.2. The fourth-order valence-corrected chi connectivity index (χ4v) is 3.86. The van der Waals surface area contributed by atoms with Gasteiger partial charge < -0.3 is 9.42 Å². The molecule has 2 aromatic heterocycles. The Hall–Kier alpha value is -2.21. The average molecular weight is 312 g/mol. The van der Waals surface area contributed by atoms with Crippen LogP contribution < -0.4 is 0 Å². The Morgan fingerprint density at radius 2 is 2.22 bits per heavy atom. The molecule has 0 unspecified atom stereocenters. The summed E-state index contributed by atoms with van der Waals surface area (Å²) in [5.74, 6) is 0.673. The number of fused-ring (bicyclic) bond motifs is 1. The highest BCUT2D eigenvalue weighted by Gasteiger charge is 2.44. The van der Waals surface area contributed by atoms with Crippen LogP contribution in [0.5, 0.6) is 0 Å². The number of rotatable bonds is 3. The molecule has 2 fully saturated rings. The van der Waals surface area contributed by atoms with Gasteiger partial charge in [0.2, 0.25) is 0 Å². The normalized spacial score (nSPS) is 24.1. The molecule has 0 aliphatic carbocycles. The lowest BCUT2D eigenvalue weighted by atomic mass is 10.1. The number of carbonyl (C=O) groups excluding carboxylic acids is 1. The van der Waals surface area contributed by atoms with Gasteiger partial charge >= 0.3 is 0 Å². The lowest BCUT2D eigenvalue weighted by Gasteiger charge is -2.25. The van der Waals surface area contributed by atoms with Crippen LogP contribution in [0.3, 0.4) is 0 Å². The molecule has 23 heavy (non-hydrogen) atoms. The molecule has 2 atom stereocenters. The van der Waals surface area contributed by atoms with E-state index < -0.39 is 0 Å². The fourth-order valence-electron chi connectivity index (χ4n) is 3.86. The van der Waals surface area contributed by atoms with Gasteiger partial charge in [0.15, 0.2) is 5.69 Å². The fraction of sp³-hybridized carbons (Fsp3) is 0.471. The van der Waals surface area contributed by atoms with Gasteiger partial charge in [-0.2, -0.15) is 0 Å². The second kappa shape index (κ2) is 5.77. The van der Waals surface area contributed by atoms with Crippen molar-refractivity contribution in [3.8, 4) is 0 Å². The maximum atomic E-state index is 12.6. The van der Waals surface area contributed by atoms with E-state index in [1.807, 2.05) is 24.1 Å². The highest BCUT2D eigenvalue weighted by Crippen LogP contribution is 2.33. The zero-order valence-electron chi connectivity index (χ0n) is 13.2. The standard InChI is InChI=1S/C17H20N4O2/c1-12-9-14(19-23-12)17(22)21-8-5-15-16(21)4-7-20(15)11-13-3-2-6-18-10-13/h2-3,6,9-10,15-16H,4-5,7-8,11H2,1H3/t15-,16+/m1/s1. The van der Waals surface area contributed by atoms with Crippen LogP contribution in [0.2, 0.25) is 0 Å². The van der Waals surface area contributed by atoms with Gasteiger partial charge in [-0.15, -0.1) is 0 Å². The van der Waals surface area contributed by atoms with Crippen LogP contribution in [0.1, 0.15) is 34.7 Å². The van der Waals surface area contributed by atoms with Crippen LogP contribution in [0.15, 0.2) is 35.1 Å². The van der Waals surface area contributed by atoms with E-state index in [0.29, 0.717) is 17.5 Å². The van der Waals surface area contributed by atoms with Gasteiger partial charge in [-0.25, -0.2) is 0 Å². The van der Waals surface area contributed by atoms with E-state index >= 15 is 0 Å². The molecule has 6 nitrogen and oxygen atoms in total. The smallest absolute Gasteiger partial charge is 0.276 e. The van der Waals surface area contributed by atoms with Crippen LogP contribution in [0.25, 0.3) is 0 Å². The maximum absolute atomic E-state index is 12.6. The Labute approximate surface area is 135 Å². The van der Waals surface area contributed by atoms with Crippen molar-refractivity contribution in [1.82, 2.24) is 19.9 Å². The van der Waals surface area contributed by atoms with Crippen LogP contribution in [-0.2, 0) is 6.54 Å². The molecule has 0 radical (unpaired) electrons. The van der Waals surface area contributed by atoms with E-state index in [4.69, 9.17) is 4.52 Å². The molecule has 2 aliphatic rings. The molecule has 0 bridgehead atoms. The Balaban J connectivity index is 1.46. The minimum atomic E-state index is -0.00224. The molecule has 0 N–H and O–H groups in total. The van der Waals surface area contributed by atoms with Crippen molar-refractivity contribution in [3.05, 3.63) is 47.6 Å². The summed E-state index contributed by atoms with van der Waals surface area (Å²) < 4.78 is 5.04. The molecule has 120 valence electrons. The zero-order chi connectivity index (χ0) is 15.8. The van der Waals surface area contributed by atoms with Gasteiger partial charge in [-0.1, -0.05) is 11.2 Å². The van der Waals surface area contributed by atoms with Crippen molar-refractivity contribution in [2.24, 2.45) is 0 Å². The summed E-state index contributed by atoms with van der Waals surface area (Å²) in [6, 6.07) is 6.53. The topological polar surface area (TPSA) is 62.5 Å². The van der Waals surface area contributed by atoms with Gasteiger partial charge in [0.1, 0.15) is 5.76 Å². The van der Waals surface area contributed by atoms with Crippen molar-refractivity contribution < 1.29 is 9.32 Å². The number of aromatic nitrogens is 2. The van der Waals surface area contributed by atoms with Crippen molar-refractivity contribution in [3.63, 3.8) is 0 Å². The molecule has 6 heteroatoms. The quantitative estimate of drug-likeness (QED) is 0.866. The number of likely N-dealkylation sites (tertiary alicyclic amines) is 2. The summed E-state index contributed by atoms with van der Waals surface area (Å²) in [5, 5.41) is 3.87. The number of hydrogen-bond acceptors (Lipinski definition) is 5. The van der Waals surface area contributed by atoms with Crippen LogP contribution >= 0.6 is 0 Å². The highest BCUT2D eigenvalue weighted by molar-refractivity contribution is 5.92. The molecular weight excluding hydrogens is 292 g/mol. The number of hydrogen-bond donors (Lipinski definition) is 0. The predicted octanol–water partition coefficient (Wildman–Crippen LogP) is 1.87. The van der Waals surface area contributed by atoms with E-state index in [1.165, 1.54) is 5.56 Å². The number of pyridine rings is 1. The molecule has 2 aliphatic heterocycles. The molecule has 2 aromatic rings. The maximum Gasteiger partial charge on any atom is 0.276 e. The Morgan fingerprint density at radius 1 is 1.35 bits per heavy atom. The summed E-state index contributed by atoms with van der Waals surface area (Å²) >= 11 is 0. The SMILES string of the molecule is Cc1cc(C(=O)N2CC[C@@H]3[C@@H]2CCN3Cc2cccnc2)no1. The molecule has 0 spiro atoms. The number of aryl methyl sites for hydroxylation is 1. The lowest BCUT2D eigenvalue weighted by molar-refractivity contribution is 0.0721. The molecule has 0 saturated carbocycles. The number of amides is 1. The summed E-state index contributed by atoms with van der Waals surface area (Å²) in [6.07, 6.45) is 5.76. The van der Waals surface area contributed by atoms with Gasteiger partial charge in [0.05, 0.1) is 0 Å². The van der Waals surface area contributed by atoms with Crippen LogP contribution in [-0.4, -0.2) is 51.0 Å². The second-order valence-corrected chi connectivity index (χ2v) is 6.37. The summed E-state index contributed by atoms with van der Waals surface area (Å²) in [4.78, 5) is 21.3. The van der Waals surface area contributed by atoms with E-state index in [2.05, 4.69) is 21.1 Å². The largest absolute Gasteiger partial charge is 0.361 e. The summed E-state index contributed by atoms with van der Waals surface area (Å²) in [7, 11) is 0. The van der Waals surface area contributed by atoms with E-state index in [1.54, 1.807) is 12.3 Å². The van der Waals surface area contributed by atoms with Gasteiger partial charge in [-0.05, 0) is 31.4 Å². The van der Waals surface area contributed by atoms with E-state index in [9.17, 15) is 4.79 Å². The first-order chi connectivity index (χ1) is 11.2. The van der Waals surface area contributed by atoms with Gasteiger partial charge in [-0.3, -0.25) is 14.7 Å². The number of nitrogens with zero attached hydrogens (tertiary/aromatic N) is 4. The Morgan fingerprint density at radius 3 is 2.96 bits per heavy atom. The van der Waals surface area contributed by atoms with Crippen molar-refractivity contribution in [2.75, 3.05) is 13.1 Å². The predicted molar refractivity (Wildman–Crippen MR) is 83.7 cm³/mol. The second-order valence-electron chi connectivity index (χ2n) is 6.37. The highest BCUT2D eigenvalue weighted by atomic mass is 16.5. The molecule has 2 saturated heterocycles. The number of carbonyl (C=O) groups is 1. The molecule has 4 rings (SSSR count). The van der Waals surface area contributed by atoms with Crippen molar-refractivity contribution in [1.29, 1.82) is 0 Å². The Bertz CT molecular complexity index is 700. The first kappa shape index (κ1) is 14.4. The van der Waals surface area contributed by atoms with Gasteiger partial charge in [0.25, 0.3) is 5.91 Å². The van der Waals surface area contributed by atoms with Crippen molar-refractivity contribution in [2.45, 2.75) is 38.4 Å². The summed E-state index contributed by atoms with van der Waals surface area (Å²) in [6.45, 7) is 4.53. The first-order valence-electron chi connectivity index (χ1n) is 8.09. The minimum Gasteiger partial charge on any atom is -0.361 e. The average Bonchev–Trinajstić information content (AvgIpc) is 3.25. The molecule has 0 aromatic carbocycles. The Kier molecular flexibility index (Phi) is 3.61. The van der Waals surface area contributed by atoms with Crippen LogP contribution in [0.4, 0.5) is 0 Å². The first-order valence-corrected chi connectivity index (χ1v) is 8.09. The monoisotopic (exact) mass is 312 g/mol. The lowest BCUT2D eigenvalue weighted by Crippen LogP contribution is -2.39. The molecule has 4 heterocycles. The van der Waals surface area contributed by atoms with Crippen LogP contribution in [0, 0.1) is 6.92 Å².